The summed E-state index contributed by atoms with van der Waals surface area (Å²) in [6.07, 6.45) is 21.8. The van der Waals surface area contributed by atoms with Crippen molar-refractivity contribution < 1.29 is 0 Å². The largest absolute Gasteiger partial charge is 0.126 e. The predicted molar refractivity (Wildman–Crippen MR) is 127 cm³/mol. The monoisotopic (exact) mass is 450 g/mol. The number of halogens is 1. The molecule has 3 saturated carbocycles. The van der Waals surface area contributed by atoms with E-state index in [2.05, 4.69) is 33.5 Å². The van der Waals surface area contributed by atoms with Gasteiger partial charge in [0.1, 0.15) is 0 Å². The maximum Gasteiger partial charge on any atom is 0.0156 e. The van der Waals surface area contributed by atoms with Crippen molar-refractivity contribution in [3.05, 3.63) is 35.4 Å². The Kier molecular flexibility index (Phi) is 8.28. The summed E-state index contributed by atoms with van der Waals surface area (Å²) in [5, 5.41) is 0.342. The van der Waals surface area contributed by atoms with Crippen molar-refractivity contribution in [2.24, 2.45) is 11.8 Å². The maximum absolute atomic E-state index is 3.52. The standard InChI is InChI=1S/C25H39P.BrH/c26-25(21-14-6-2-7-15-21,22-16-8-3-9-17-22)24-19-11-10-18-23(24)20-12-4-1-5-13-20;/h10-11,18-22H,1-9,12-17,26H2;1H. The first-order valence-electron chi connectivity index (χ1n) is 11.7. The van der Waals surface area contributed by atoms with E-state index in [9.17, 15) is 0 Å². The zero-order valence-corrected chi connectivity index (χ0v) is 20.0. The van der Waals surface area contributed by atoms with Gasteiger partial charge in [0.25, 0.3) is 0 Å². The molecule has 1 aromatic carbocycles. The van der Waals surface area contributed by atoms with Crippen molar-refractivity contribution in [2.45, 2.75) is 107 Å². The Morgan fingerprint density at radius 3 is 1.59 bits per heavy atom. The molecule has 3 aliphatic rings. The molecule has 0 amide bonds. The van der Waals surface area contributed by atoms with Crippen molar-refractivity contribution in [2.75, 3.05) is 0 Å². The second-order valence-corrected chi connectivity index (χ2v) is 10.5. The molecule has 3 aliphatic carbocycles. The third-order valence-corrected chi connectivity index (χ3v) is 9.29. The minimum atomic E-state index is 0. The van der Waals surface area contributed by atoms with E-state index < -0.39 is 0 Å². The third-order valence-electron chi connectivity index (χ3n) is 8.03. The second-order valence-electron chi connectivity index (χ2n) is 9.53. The third kappa shape index (κ3) is 4.66. The van der Waals surface area contributed by atoms with Crippen LogP contribution in [-0.4, -0.2) is 0 Å². The highest BCUT2D eigenvalue weighted by Gasteiger charge is 2.44. The first-order chi connectivity index (χ1) is 12.8. The van der Waals surface area contributed by atoms with Crippen LogP contribution in [0.4, 0.5) is 0 Å². The molecular formula is C25H40BrP. The van der Waals surface area contributed by atoms with Crippen LogP contribution in [-0.2, 0) is 5.16 Å². The fourth-order valence-electron chi connectivity index (χ4n) is 6.59. The topological polar surface area (TPSA) is 0 Å². The molecule has 4 rings (SSSR count). The molecular weight excluding hydrogens is 411 g/mol. The summed E-state index contributed by atoms with van der Waals surface area (Å²) >= 11 is 0. The Morgan fingerprint density at radius 2 is 1.07 bits per heavy atom. The van der Waals surface area contributed by atoms with Crippen LogP contribution in [0.1, 0.15) is 113 Å². The molecule has 0 bridgehead atoms. The van der Waals surface area contributed by atoms with E-state index in [0.29, 0.717) is 5.16 Å². The van der Waals surface area contributed by atoms with Crippen LogP contribution in [0, 0.1) is 11.8 Å². The summed E-state index contributed by atoms with van der Waals surface area (Å²) < 4.78 is 0. The molecule has 0 heterocycles. The normalized spacial score (nSPS) is 23.7. The van der Waals surface area contributed by atoms with Gasteiger partial charge in [-0.3, -0.25) is 0 Å². The van der Waals surface area contributed by atoms with Crippen LogP contribution in [0.5, 0.6) is 0 Å². The summed E-state index contributed by atoms with van der Waals surface area (Å²) in [5.74, 6) is 2.59. The van der Waals surface area contributed by atoms with Gasteiger partial charge >= 0.3 is 0 Å². The Morgan fingerprint density at radius 1 is 0.630 bits per heavy atom. The quantitative estimate of drug-likeness (QED) is 0.402. The lowest BCUT2D eigenvalue weighted by molar-refractivity contribution is 0.173. The lowest BCUT2D eigenvalue weighted by Crippen LogP contribution is -2.40. The van der Waals surface area contributed by atoms with Gasteiger partial charge in [-0.05, 0) is 67.4 Å². The molecule has 152 valence electrons. The molecule has 1 atom stereocenters. The van der Waals surface area contributed by atoms with Crippen LogP contribution >= 0.6 is 26.2 Å². The minimum Gasteiger partial charge on any atom is -0.126 e. The number of hydrogen-bond donors (Lipinski definition) is 0. The smallest absolute Gasteiger partial charge is 0.0156 e. The summed E-state index contributed by atoms with van der Waals surface area (Å²) in [7, 11) is 3.52. The molecule has 3 fully saturated rings. The zero-order valence-electron chi connectivity index (χ0n) is 17.1. The highest BCUT2D eigenvalue weighted by atomic mass is 79.9. The van der Waals surface area contributed by atoms with E-state index in [1.165, 1.54) is 96.3 Å². The molecule has 0 radical (unpaired) electrons. The minimum absolute atomic E-state index is 0. The molecule has 0 N–H and O–H groups in total. The molecule has 2 heteroatoms. The molecule has 0 aliphatic heterocycles. The lowest BCUT2D eigenvalue weighted by Gasteiger charge is -2.49. The highest BCUT2D eigenvalue weighted by Crippen LogP contribution is 2.56. The average Bonchev–Trinajstić information content (AvgIpc) is 2.75. The van der Waals surface area contributed by atoms with Gasteiger partial charge in [-0.15, -0.1) is 26.2 Å². The highest BCUT2D eigenvalue weighted by molar-refractivity contribution is 8.93. The number of rotatable bonds is 4. The van der Waals surface area contributed by atoms with Crippen LogP contribution < -0.4 is 0 Å². The van der Waals surface area contributed by atoms with Gasteiger partial charge in [-0.1, -0.05) is 82.1 Å². The van der Waals surface area contributed by atoms with Crippen LogP contribution in [0.2, 0.25) is 0 Å². The van der Waals surface area contributed by atoms with Crippen molar-refractivity contribution in [3.8, 4) is 0 Å². The summed E-state index contributed by atoms with van der Waals surface area (Å²) in [5.41, 5.74) is 3.48. The van der Waals surface area contributed by atoms with Crippen LogP contribution in [0.3, 0.4) is 0 Å². The Hall–Kier alpha value is 0.130. The molecule has 1 unspecified atom stereocenters. The van der Waals surface area contributed by atoms with Gasteiger partial charge in [0.15, 0.2) is 0 Å². The van der Waals surface area contributed by atoms with Crippen molar-refractivity contribution >= 4 is 26.2 Å². The van der Waals surface area contributed by atoms with Gasteiger partial charge in [-0.25, -0.2) is 0 Å². The van der Waals surface area contributed by atoms with Crippen LogP contribution in [0.15, 0.2) is 24.3 Å². The first-order valence-corrected chi connectivity index (χ1v) is 12.3. The van der Waals surface area contributed by atoms with Gasteiger partial charge in [0.05, 0.1) is 0 Å². The molecule has 0 spiro atoms. The Bertz CT molecular complexity index is 547. The van der Waals surface area contributed by atoms with Gasteiger partial charge in [-0.2, -0.15) is 0 Å². The second kappa shape index (κ2) is 10.2. The van der Waals surface area contributed by atoms with Gasteiger partial charge in [0.2, 0.25) is 0 Å². The predicted octanol–water partition coefficient (Wildman–Crippen LogP) is 8.54. The Balaban J connectivity index is 0.00000210. The van der Waals surface area contributed by atoms with E-state index in [-0.39, 0.29) is 17.0 Å². The van der Waals surface area contributed by atoms with Crippen LogP contribution in [0.25, 0.3) is 0 Å². The SMILES string of the molecule is Br.PC(c1ccccc1C1CCCCC1)(C1CCCCC1)C1CCCCC1. The van der Waals surface area contributed by atoms with Crippen molar-refractivity contribution in [1.82, 2.24) is 0 Å². The van der Waals surface area contributed by atoms with Gasteiger partial charge < -0.3 is 0 Å². The summed E-state index contributed by atoms with van der Waals surface area (Å²) in [6, 6.07) is 9.71. The van der Waals surface area contributed by atoms with E-state index in [4.69, 9.17) is 0 Å². The number of hydrogen-bond acceptors (Lipinski definition) is 0. The van der Waals surface area contributed by atoms with E-state index in [0.717, 1.165) is 17.8 Å². The summed E-state index contributed by atoms with van der Waals surface area (Å²) in [6.45, 7) is 0. The van der Waals surface area contributed by atoms with E-state index >= 15 is 0 Å². The first kappa shape index (κ1) is 21.8. The average molecular weight is 451 g/mol. The Labute approximate surface area is 180 Å². The summed E-state index contributed by atoms with van der Waals surface area (Å²) in [4.78, 5) is 0. The number of benzene rings is 1. The molecule has 1 aromatic rings. The molecule has 0 saturated heterocycles. The van der Waals surface area contributed by atoms with E-state index in [1.54, 1.807) is 11.1 Å². The maximum atomic E-state index is 3.52. The fourth-order valence-corrected chi connectivity index (χ4v) is 7.52. The van der Waals surface area contributed by atoms with Crippen molar-refractivity contribution in [1.29, 1.82) is 0 Å². The molecule has 0 nitrogen and oxygen atoms in total. The van der Waals surface area contributed by atoms with E-state index in [1.807, 2.05) is 0 Å². The molecule has 0 aromatic heterocycles. The zero-order chi connectivity index (χ0) is 17.8. The fraction of sp³-hybridized carbons (Fsp3) is 0.760. The molecule has 27 heavy (non-hydrogen) atoms. The van der Waals surface area contributed by atoms with Gasteiger partial charge in [0, 0.05) is 5.16 Å². The van der Waals surface area contributed by atoms with Crippen molar-refractivity contribution in [3.63, 3.8) is 0 Å². The lowest BCUT2D eigenvalue weighted by atomic mass is 9.64.